The zero-order valence-electron chi connectivity index (χ0n) is 11.5. The molecule has 106 valence electrons. The number of Topliss-reactive ketones (excluding diaryl/α,β-unsaturated/α-hetero) is 2. The number of ether oxygens (including phenoxy) is 1. The van der Waals surface area contributed by atoms with Crippen LogP contribution in [0.4, 0.5) is 0 Å². The molecule has 0 spiro atoms. The van der Waals surface area contributed by atoms with Crippen molar-refractivity contribution in [2.24, 2.45) is 0 Å². The van der Waals surface area contributed by atoms with E-state index in [2.05, 4.69) is 0 Å². The van der Waals surface area contributed by atoms with Gasteiger partial charge in [0.2, 0.25) is 5.78 Å². The van der Waals surface area contributed by atoms with Crippen molar-refractivity contribution in [1.82, 2.24) is 0 Å². The predicted molar refractivity (Wildman–Crippen MR) is 77.1 cm³/mol. The topological polar surface area (TPSA) is 60.4 Å². The Morgan fingerprint density at radius 3 is 1.81 bits per heavy atom. The fourth-order valence-corrected chi connectivity index (χ4v) is 1.81. The van der Waals surface area contributed by atoms with Crippen LogP contribution >= 0.6 is 0 Å². The van der Waals surface area contributed by atoms with Crippen molar-refractivity contribution in [2.75, 3.05) is 0 Å². The maximum Gasteiger partial charge on any atom is 0.380 e. The van der Waals surface area contributed by atoms with Crippen LogP contribution in [0.1, 0.15) is 27.6 Å². The highest BCUT2D eigenvalue weighted by Crippen LogP contribution is 2.08. The average Bonchev–Trinajstić information content (AvgIpc) is 2.55. The van der Waals surface area contributed by atoms with Crippen molar-refractivity contribution in [2.45, 2.75) is 13.0 Å². The number of esters is 1. The van der Waals surface area contributed by atoms with Crippen molar-refractivity contribution in [3.8, 4) is 0 Å². The number of carbonyl (C=O) groups is 3. The molecule has 0 aromatic heterocycles. The molecule has 4 heteroatoms. The third-order valence-corrected chi connectivity index (χ3v) is 2.93. The first kappa shape index (κ1) is 14.7. The van der Waals surface area contributed by atoms with E-state index in [1.54, 1.807) is 48.5 Å². The average molecular weight is 282 g/mol. The Morgan fingerprint density at radius 1 is 0.810 bits per heavy atom. The van der Waals surface area contributed by atoms with Gasteiger partial charge in [0.15, 0.2) is 6.10 Å². The van der Waals surface area contributed by atoms with Gasteiger partial charge in [-0.15, -0.1) is 0 Å². The standard InChI is InChI=1S/C17H14O4/c1-12(15(18)13-8-4-2-5-9-13)21-17(20)16(19)14-10-6-3-7-11-14/h2-12H,1H3/t12-/m1/s1. The molecule has 0 bridgehead atoms. The largest absolute Gasteiger partial charge is 0.448 e. The van der Waals surface area contributed by atoms with Gasteiger partial charge < -0.3 is 4.74 Å². The highest BCUT2D eigenvalue weighted by atomic mass is 16.6. The van der Waals surface area contributed by atoms with Crippen LogP contribution in [-0.4, -0.2) is 23.6 Å². The number of ketones is 2. The lowest BCUT2D eigenvalue weighted by Gasteiger charge is -2.11. The molecule has 0 radical (unpaired) electrons. The van der Waals surface area contributed by atoms with Gasteiger partial charge in [-0.05, 0) is 6.92 Å². The van der Waals surface area contributed by atoms with Crippen LogP contribution in [0.3, 0.4) is 0 Å². The summed E-state index contributed by atoms with van der Waals surface area (Å²) < 4.78 is 4.94. The first-order valence-corrected chi connectivity index (χ1v) is 6.49. The molecule has 0 amide bonds. The molecule has 0 N–H and O–H groups in total. The maximum atomic E-state index is 12.1. The van der Waals surface area contributed by atoms with Gasteiger partial charge in [0, 0.05) is 11.1 Å². The number of rotatable bonds is 5. The van der Waals surface area contributed by atoms with Crippen molar-refractivity contribution in [1.29, 1.82) is 0 Å². The van der Waals surface area contributed by atoms with E-state index >= 15 is 0 Å². The van der Waals surface area contributed by atoms with Crippen LogP contribution in [0.25, 0.3) is 0 Å². The molecule has 0 saturated heterocycles. The molecule has 1 atom stereocenters. The summed E-state index contributed by atoms with van der Waals surface area (Å²) in [6, 6.07) is 16.6. The minimum absolute atomic E-state index is 0.238. The van der Waals surface area contributed by atoms with Crippen molar-refractivity contribution in [3.63, 3.8) is 0 Å². The van der Waals surface area contributed by atoms with E-state index in [1.807, 2.05) is 0 Å². The number of carbonyl (C=O) groups excluding carboxylic acids is 3. The predicted octanol–water partition coefficient (Wildman–Crippen LogP) is 2.68. The molecule has 0 fully saturated rings. The number of benzene rings is 2. The van der Waals surface area contributed by atoms with Gasteiger partial charge in [0.05, 0.1) is 0 Å². The minimum Gasteiger partial charge on any atom is -0.448 e. The summed E-state index contributed by atoms with van der Waals surface area (Å²) in [6.45, 7) is 1.45. The van der Waals surface area contributed by atoms with Gasteiger partial charge in [-0.1, -0.05) is 60.7 Å². The first-order valence-electron chi connectivity index (χ1n) is 6.49. The van der Waals surface area contributed by atoms with E-state index in [4.69, 9.17) is 4.74 Å². The Balaban J connectivity index is 2.03. The third kappa shape index (κ3) is 3.63. The summed E-state index contributed by atoms with van der Waals surface area (Å²) in [6.07, 6.45) is -1.01. The highest BCUT2D eigenvalue weighted by molar-refractivity contribution is 6.40. The normalized spacial score (nSPS) is 11.5. The molecular weight excluding hydrogens is 268 g/mol. The molecule has 0 unspecified atom stereocenters. The lowest BCUT2D eigenvalue weighted by atomic mass is 10.1. The number of hydrogen-bond acceptors (Lipinski definition) is 4. The summed E-state index contributed by atoms with van der Waals surface area (Å²) in [4.78, 5) is 35.7. The van der Waals surface area contributed by atoms with E-state index in [0.29, 0.717) is 5.56 Å². The lowest BCUT2D eigenvalue weighted by molar-refractivity contribution is -0.140. The third-order valence-electron chi connectivity index (χ3n) is 2.93. The van der Waals surface area contributed by atoms with E-state index in [9.17, 15) is 14.4 Å². The van der Waals surface area contributed by atoms with Crippen molar-refractivity contribution in [3.05, 3.63) is 71.8 Å². The Hall–Kier alpha value is -2.75. The van der Waals surface area contributed by atoms with Crippen LogP contribution < -0.4 is 0 Å². The second-order valence-corrected chi connectivity index (χ2v) is 4.47. The Morgan fingerprint density at radius 2 is 1.29 bits per heavy atom. The molecule has 21 heavy (non-hydrogen) atoms. The number of hydrogen-bond donors (Lipinski definition) is 0. The zero-order valence-corrected chi connectivity index (χ0v) is 11.5. The molecule has 4 nitrogen and oxygen atoms in total. The highest BCUT2D eigenvalue weighted by Gasteiger charge is 2.24. The fourth-order valence-electron chi connectivity index (χ4n) is 1.81. The summed E-state index contributed by atoms with van der Waals surface area (Å²) in [5.41, 5.74) is 0.673. The Labute approximate surface area is 122 Å². The molecule has 2 aromatic carbocycles. The molecule has 0 saturated carbocycles. The molecule has 0 aliphatic rings. The van der Waals surface area contributed by atoms with Crippen molar-refractivity contribution < 1.29 is 19.1 Å². The van der Waals surface area contributed by atoms with Crippen LogP contribution in [0.5, 0.6) is 0 Å². The van der Waals surface area contributed by atoms with Crippen LogP contribution in [0.15, 0.2) is 60.7 Å². The Kier molecular flexibility index (Phi) is 4.61. The summed E-state index contributed by atoms with van der Waals surface area (Å²) >= 11 is 0. The lowest BCUT2D eigenvalue weighted by Crippen LogP contribution is -2.28. The van der Waals surface area contributed by atoms with Gasteiger partial charge in [0.25, 0.3) is 5.78 Å². The maximum absolute atomic E-state index is 12.1. The molecule has 0 heterocycles. The molecule has 2 aromatic rings. The van der Waals surface area contributed by atoms with Crippen LogP contribution in [-0.2, 0) is 9.53 Å². The smallest absolute Gasteiger partial charge is 0.380 e. The fraction of sp³-hybridized carbons (Fsp3) is 0.118. The molecule has 2 rings (SSSR count). The SMILES string of the molecule is C[C@@H](OC(=O)C(=O)c1ccccc1)C(=O)c1ccccc1. The second-order valence-electron chi connectivity index (χ2n) is 4.47. The van der Waals surface area contributed by atoms with E-state index in [-0.39, 0.29) is 11.3 Å². The quantitative estimate of drug-likeness (QED) is 0.480. The van der Waals surface area contributed by atoms with Gasteiger partial charge in [-0.2, -0.15) is 0 Å². The van der Waals surface area contributed by atoms with Gasteiger partial charge in [-0.25, -0.2) is 4.79 Å². The van der Waals surface area contributed by atoms with Gasteiger partial charge in [0.1, 0.15) is 0 Å². The Bertz CT molecular complexity index is 647. The van der Waals surface area contributed by atoms with Crippen LogP contribution in [0, 0.1) is 0 Å². The van der Waals surface area contributed by atoms with E-state index in [0.717, 1.165) is 0 Å². The minimum atomic E-state index is -1.03. The molecular formula is C17H14O4. The second kappa shape index (κ2) is 6.61. The first-order chi connectivity index (χ1) is 10.1. The van der Waals surface area contributed by atoms with E-state index < -0.39 is 17.9 Å². The summed E-state index contributed by atoms with van der Waals surface area (Å²) in [5.74, 6) is -2.13. The van der Waals surface area contributed by atoms with Gasteiger partial charge >= 0.3 is 5.97 Å². The van der Waals surface area contributed by atoms with Gasteiger partial charge in [-0.3, -0.25) is 9.59 Å². The van der Waals surface area contributed by atoms with Crippen molar-refractivity contribution >= 4 is 17.5 Å². The molecule has 0 aliphatic heterocycles. The monoisotopic (exact) mass is 282 g/mol. The van der Waals surface area contributed by atoms with E-state index in [1.165, 1.54) is 19.1 Å². The van der Waals surface area contributed by atoms with Crippen LogP contribution in [0.2, 0.25) is 0 Å². The molecule has 0 aliphatic carbocycles. The zero-order chi connectivity index (χ0) is 15.2. The summed E-state index contributed by atoms with van der Waals surface area (Å²) in [7, 11) is 0. The summed E-state index contributed by atoms with van der Waals surface area (Å²) in [5, 5.41) is 0.